The van der Waals surface area contributed by atoms with Crippen LogP contribution in [0.5, 0.6) is 0 Å². The predicted molar refractivity (Wildman–Crippen MR) is 103 cm³/mol. The van der Waals surface area contributed by atoms with Crippen LogP contribution in [0.25, 0.3) is 0 Å². The summed E-state index contributed by atoms with van der Waals surface area (Å²) in [6.07, 6.45) is -1.76. The number of carboxylic acids is 1. The van der Waals surface area contributed by atoms with Crippen LogP contribution in [0.15, 0.2) is 18.2 Å². The number of aryl methyl sites for hydroxylation is 1. The molecule has 3 heterocycles. The van der Waals surface area contributed by atoms with Crippen LogP contribution >= 0.6 is 0 Å². The molecular weight excluding hydrogens is 441 g/mol. The molecular formula is C19H25F3N2O6S. The number of hydrogen-bond donors (Lipinski definition) is 1. The zero-order valence-electron chi connectivity index (χ0n) is 17.0. The lowest BCUT2D eigenvalue weighted by molar-refractivity contribution is -0.192. The summed E-state index contributed by atoms with van der Waals surface area (Å²) in [5.74, 6) is -2.76. The second-order valence-electron chi connectivity index (χ2n) is 8.04. The smallest absolute Gasteiger partial charge is 0.475 e. The second-order valence-corrected chi connectivity index (χ2v) is 10.3. The molecule has 1 spiro atoms. The maximum atomic E-state index is 12.3. The molecule has 31 heavy (non-hydrogen) atoms. The van der Waals surface area contributed by atoms with Crippen molar-refractivity contribution < 1.29 is 41.0 Å². The topological polar surface area (TPSA) is 106 Å². The van der Waals surface area contributed by atoms with E-state index >= 15 is 0 Å². The van der Waals surface area contributed by atoms with Crippen LogP contribution in [0.4, 0.5) is 13.2 Å². The predicted octanol–water partition coefficient (Wildman–Crippen LogP) is 2.27. The number of aromatic nitrogens is 1. The molecule has 8 nitrogen and oxygen atoms in total. The van der Waals surface area contributed by atoms with E-state index in [0.717, 1.165) is 37.1 Å². The standard InChI is InChI=1S/C17H24N2O4S.C2HF3O2/c1-13-3-2-4-14(18-13)10-22-15-7-8-23-17(9-15)11-19(12-17)24(20,21)16-5-6-16;3-2(4,5)1(6)7/h2-4,15-16H,5-12H2,1H3;(H,6,7). The Morgan fingerprint density at radius 1 is 1.32 bits per heavy atom. The minimum absolute atomic E-state index is 0.104. The molecule has 12 heteroatoms. The fourth-order valence-electron chi connectivity index (χ4n) is 3.58. The lowest BCUT2D eigenvalue weighted by Crippen LogP contribution is -2.67. The van der Waals surface area contributed by atoms with E-state index in [4.69, 9.17) is 19.4 Å². The Morgan fingerprint density at radius 2 is 1.97 bits per heavy atom. The number of ether oxygens (including phenoxy) is 2. The highest BCUT2D eigenvalue weighted by molar-refractivity contribution is 7.90. The van der Waals surface area contributed by atoms with Crippen LogP contribution in [0.2, 0.25) is 0 Å². The fourth-order valence-corrected chi connectivity index (χ4v) is 5.57. The molecule has 1 atom stereocenters. The Morgan fingerprint density at radius 3 is 2.52 bits per heavy atom. The second kappa shape index (κ2) is 9.00. The summed E-state index contributed by atoms with van der Waals surface area (Å²) < 4.78 is 69.8. The molecule has 1 aromatic rings. The van der Waals surface area contributed by atoms with Crippen LogP contribution in [-0.2, 0) is 30.9 Å². The Bertz CT molecular complexity index is 898. The largest absolute Gasteiger partial charge is 0.490 e. The van der Waals surface area contributed by atoms with Gasteiger partial charge in [-0.3, -0.25) is 4.98 Å². The zero-order chi connectivity index (χ0) is 22.9. The molecule has 1 aromatic heterocycles. The number of hydrogen-bond acceptors (Lipinski definition) is 6. The van der Waals surface area contributed by atoms with E-state index in [1.165, 1.54) is 0 Å². The number of alkyl halides is 3. The Hall–Kier alpha value is -1.76. The van der Waals surface area contributed by atoms with E-state index in [9.17, 15) is 21.6 Å². The first-order valence-corrected chi connectivity index (χ1v) is 11.4. The van der Waals surface area contributed by atoms with Crippen LogP contribution in [0.3, 0.4) is 0 Å². The lowest BCUT2D eigenvalue weighted by atomic mass is 9.86. The molecule has 1 saturated carbocycles. The number of nitrogens with zero attached hydrogens (tertiary/aromatic N) is 2. The number of rotatable bonds is 5. The monoisotopic (exact) mass is 466 g/mol. The molecule has 174 valence electrons. The van der Waals surface area contributed by atoms with E-state index in [2.05, 4.69) is 4.98 Å². The molecule has 1 unspecified atom stereocenters. The molecule has 3 aliphatic rings. The van der Waals surface area contributed by atoms with Crippen molar-refractivity contribution in [2.75, 3.05) is 19.7 Å². The molecule has 1 N–H and O–H groups in total. The number of halogens is 3. The van der Waals surface area contributed by atoms with Crippen molar-refractivity contribution in [1.82, 2.24) is 9.29 Å². The quantitative estimate of drug-likeness (QED) is 0.710. The summed E-state index contributed by atoms with van der Waals surface area (Å²) in [5.41, 5.74) is 1.58. The van der Waals surface area contributed by atoms with Gasteiger partial charge in [-0.25, -0.2) is 13.2 Å². The van der Waals surface area contributed by atoms with Gasteiger partial charge in [-0.1, -0.05) is 6.07 Å². The van der Waals surface area contributed by atoms with Crippen molar-refractivity contribution in [3.05, 3.63) is 29.6 Å². The minimum atomic E-state index is -5.08. The summed E-state index contributed by atoms with van der Waals surface area (Å²) in [5, 5.41) is 6.98. The molecule has 0 aromatic carbocycles. The molecule has 2 aliphatic heterocycles. The Balaban J connectivity index is 0.000000339. The first-order chi connectivity index (χ1) is 14.4. The fraction of sp³-hybridized carbons (Fsp3) is 0.684. The summed E-state index contributed by atoms with van der Waals surface area (Å²) in [7, 11) is -3.08. The Kier molecular flexibility index (Phi) is 6.94. The van der Waals surface area contributed by atoms with Crippen molar-refractivity contribution >= 4 is 16.0 Å². The average Bonchev–Trinajstić information content (AvgIpc) is 3.50. The van der Waals surface area contributed by atoms with Crippen LogP contribution in [-0.4, -0.2) is 71.6 Å². The van der Waals surface area contributed by atoms with E-state index in [0.29, 0.717) is 26.3 Å². The molecule has 2 saturated heterocycles. The first kappa shape index (κ1) is 23.9. The lowest BCUT2D eigenvalue weighted by Gasteiger charge is -2.52. The van der Waals surface area contributed by atoms with Crippen LogP contribution in [0, 0.1) is 6.92 Å². The zero-order valence-corrected chi connectivity index (χ0v) is 17.8. The van der Waals surface area contributed by atoms with E-state index < -0.39 is 22.2 Å². The molecule has 3 fully saturated rings. The third kappa shape index (κ3) is 6.15. The highest BCUT2D eigenvalue weighted by Crippen LogP contribution is 2.41. The van der Waals surface area contributed by atoms with Gasteiger partial charge in [0.15, 0.2) is 0 Å². The van der Waals surface area contributed by atoms with Crippen LogP contribution < -0.4 is 0 Å². The third-order valence-electron chi connectivity index (χ3n) is 5.34. The van der Waals surface area contributed by atoms with Crippen molar-refractivity contribution in [3.63, 3.8) is 0 Å². The maximum absolute atomic E-state index is 12.3. The van der Waals surface area contributed by atoms with Gasteiger partial charge in [0.25, 0.3) is 0 Å². The van der Waals surface area contributed by atoms with Gasteiger partial charge in [0.1, 0.15) is 0 Å². The summed E-state index contributed by atoms with van der Waals surface area (Å²) in [4.78, 5) is 13.4. The third-order valence-corrected chi connectivity index (χ3v) is 7.63. The summed E-state index contributed by atoms with van der Waals surface area (Å²) >= 11 is 0. The van der Waals surface area contributed by atoms with Gasteiger partial charge in [-0.2, -0.15) is 17.5 Å². The van der Waals surface area contributed by atoms with Crippen LogP contribution in [0.1, 0.15) is 37.1 Å². The normalized spacial score (nSPS) is 23.5. The number of sulfonamides is 1. The maximum Gasteiger partial charge on any atom is 0.490 e. The molecule has 0 radical (unpaired) electrons. The average molecular weight is 466 g/mol. The van der Waals surface area contributed by atoms with Gasteiger partial charge < -0.3 is 14.6 Å². The number of carbonyl (C=O) groups is 1. The molecule has 4 rings (SSSR count). The van der Waals surface area contributed by atoms with Gasteiger partial charge >= 0.3 is 12.1 Å². The highest BCUT2D eigenvalue weighted by atomic mass is 32.2. The number of pyridine rings is 1. The SMILES string of the molecule is Cc1cccc(COC2CCOC3(C2)CN(S(=O)(=O)C2CC2)C3)n1.O=C(O)C(F)(F)F. The van der Waals surface area contributed by atoms with Crippen molar-refractivity contribution in [2.24, 2.45) is 0 Å². The van der Waals surface area contributed by atoms with Crippen molar-refractivity contribution in [3.8, 4) is 0 Å². The van der Waals surface area contributed by atoms with E-state index in [1.807, 2.05) is 25.1 Å². The molecule has 0 bridgehead atoms. The van der Waals surface area contributed by atoms with E-state index in [1.54, 1.807) is 4.31 Å². The number of aliphatic carboxylic acids is 1. The first-order valence-electron chi connectivity index (χ1n) is 9.88. The van der Waals surface area contributed by atoms with Gasteiger partial charge in [-0.15, -0.1) is 0 Å². The Labute approximate surface area is 178 Å². The van der Waals surface area contributed by atoms with Crippen molar-refractivity contribution in [1.29, 1.82) is 0 Å². The van der Waals surface area contributed by atoms with Crippen molar-refractivity contribution in [2.45, 2.75) is 62.3 Å². The summed E-state index contributed by atoms with van der Waals surface area (Å²) in [6.45, 7) is 4.05. The number of carboxylic acid groups (broad SMARTS) is 1. The minimum Gasteiger partial charge on any atom is -0.475 e. The molecule has 0 amide bonds. The van der Waals surface area contributed by atoms with Gasteiger partial charge in [0, 0.05) is 31.8 Å². The highest BCUT2D eigenvalue weighted by Gasteiger charge is 2.54. The van der Waals surface area contributed by atoms with Gasteiger partial charge in [0.2, 0.25) is 10.0 Å². The van der Waals surface area contributed by atoms with E-state index in [-0.39, 0.29) is 17.0 Å². The summed E-state index contributed by atoms with van der Waals surface area (Å²) in [6, 6.07) is 5.92. The van der Waals surface area contributed by atoms with Gasteiger partial charge in [0.05, 0.1) is 29.3 Å². The van der Waals surface area contributed by atoms with Gasteiger partial charge in [-0.05, 0) is 38.3 Å². The molecule has 1 aliphatic carbocycles.